The fraction of sp³-hybridized carbons (Fsp3) is 0.312. The zero-order valence-corrected chi connectivity index (χ0v) is 16.3. The smallest absolute Gasteiger partial charge is 0.283 e. The number of aryl methyl sites for hydroxylation is 1. The van der Waals surface area contributed by atoms with Crippen LogP contribution in [0.2, 0.25) is 10.0 Å². The van der Waals surface area contributed by atoms with Crippen LogP contribution in [0.15, 0.2) is 17.2 Å². The molecule has 1 aromatic heterocycles. The standard InChI is InChI=1S/C16H18Cl2N4O2S/c1-8(2)7-24-13-11(17)4-10(5-12(13)18)6-20-22-15(23)14-9(3)21-16(19)25-14/h4-6,8H,7H2,1-3H3,(H2,19,21)(H,22,23)/b20-6-. The highest BCUT2D eigenvalue weighted by molar-refractivity contribution is 7.17. The van der Waals surface area contributed by atoms with Crippen molar-refractivity contribution < 1.29 is 9.53 Å². The molecule has 0 atom stereocenters. The number of halogens is 2. The first kappa shape index (κ1) is 19.5. The molecule has 134 valence electrons. The normalized spacial score (nSPS) is 11.3. The van der Waals surface area contributed by atoms with Crippen molar-refractivity contribution in [3.8, 4) is 5.75 Å². The monoisotopic (exact) mass is 400 g/mol. The third kappa shape index (κ3) is 5.32. The average Bonchev–Trinajstić information content (AvgIpc) is 2.84. The number of aromatic nitrogens is 1. The second-order valence-corrected chi connectivity index (χ2v) is 7.53. The minimum Gasteiger partial charge on any atom is -0.490 e. The SMILES string of the molecule is Cc1nc(N)sc1C(=O)N/N=C\c1cc(Cl)c(OCC(C)C)c(Cl)c1. The minimum absolute atomic E-state index is 0.335. The van der Waals surface area contributed by atoms with Gasteiger partial charge in [-0.25, -0.2) is 10.4 Å². The van der Waals surface area contributed by atoms with Crippen LogP contribution in [0.1, 0.15) is 34.8 Å². The van der Waals surface area contributed by atoms with E-state index in [0.717, 1.165) is 11.3 Å². The van der Waals surface area contributed by atoms with Gasteiger partial charge in [-0.15, -0.1) is 0 Å². The Morgan fingerprint density at radius 2 is 2.08 bits per heavy atom. The number of ether oxygens (including phenoxy) is 1. The first-order valence-electron chi connectivity index (χ1n) is 7.46. The van der Waals surface area contributed by atoms with Crippen molar-refractivity contribution in [3.05, 3.63) is 38.3 Å². The number of nitrogens with one attached hydrogen (secondary N) is 1. The molecule has 9 heteroatoms. The van der Waals surface area contributed by atoms with Gasteiger partial charge in [-0.3, -0.25) is 4.79 Å². The first-order valence-corrected chi connectivity index (χ1v) is 9.03. The van der Waals surface area contributed by atoms with Crippen LogP contribution < -0.4 is 15.9 Å². The Balaban J connectivity index is 2.06. The Kier molecular flexibility index (Phi) is 6.64. The van der Waals surface area contributed by atoms with E-state index in [1.54, 1.807) is 19.1 Å². The number of rotatable bonds is 6. The van der Waals surface area contributed by atoms with Gasteiger partial charge in [0.25, 0.3) is 5.91 Å². The number of benzene rings is 1. The fourth-order valence-corrected chi connectivity index (χ4v) is 3.22. The largest absolute Gasteiger partial charge is 0.490 e. The van der Waals surface area contributed by atoms with Gasteiger partial charge in [0.05, 0.1) is 28.6 Å². The van der Waals surface area contributed by atoms with Crippen LogP contribution >= 0.6 is 34.5 Å². The quantitative estimate of drug-likeness (QED) is 0.562. The van der Waals surface area contributed by atoms with Gasteiger partial charge in [-0.1, -0.05) is 48.4 Å². The highest BCUT2D eigenvalue weighted by atomic mass is 35.5. The van der Waals surface area contributed by atoms with E-state index in [4.69, 9.17) is 33.7 Å². The molecule has 0 fully saturated rings. The van der Waals surface area contributed by atoms with E-state index in [0.29, 0.717) is 49.6 Å². The van der Waals surface area contributed by atoms with Crippen LogP contribution in [0.25, 0.3) is 0 Å². The number of thiazole rings is 1. The molecule has 2 rings (SSSR count). The highest BCUT2D eigenvalue weighted by Crippen LogP contribution is 2.34. The van der Waals surface area contributed by atoms with Crippen LogP contribution in [-0.2, 0) is 0 Å². The van der Waals surface area contributed by atoms with Gasteiger partial charge in [0, 0.05) is 0 Å². The Morgan fingerprint density at radius 3 is 2.60 bits per heavy atom. The van der Waals surface area contributed by atoms with Crippen molar-refractivity contribution in [2.75, 3.05) is 12.3 Å². The van der Waals surface area contributed by atoms with Crippen LogP contribution in [0.3, 0.4) is 0 Å². The molecular weight excluding hydrogens is 383 g/mol. The summed E-state index contributed by atoms with van der Waals surface area (Å²) in [7, 11) is 0. The second-order valence-electron chi connectivity index (χ2n) is 5.68. The number of nitrogens with zero attached hydrogens (tertiary/aromatic N) is 2. The van der Waals surface area contributed by atoms with Crippen molar-refractivity contribution in [1.82, 2.24) is 10.4 Å². The molecule has 0 aliphatic rings. The number of hydrogen-bond acceptors (Lipinski definition) is 6. The molecule has 6 nitrogen and oxygen atoms in total. The third-order valence-electron chi connectivity index (χ3n) is 2.98. The van der Waals surface area contributed by atoms with E-state index < -0.39 is 0 Å². The zero-order chi connectivity index (χ0) is 18.6. The molecule has 0 radical (unpaired) electrons. The molecule has 1 aromatic carbocycles. The minimum atomic E-state index is -0.378. The second kappa shape index (κ2) is 8.51. The molecule has 25 heavy (non-hydrogen) atoms. The Labute approximate surface area is 160 Å². The number of carbonyl (C=O) groups is 1. The van der Waals surface area contributed by atoms with Crippen molar-refractivity contribution in [1.29, 1.82) is 0 Å². The number of carbonyl (C=O) groups excluding carboxylic acids is 1. The summed E-state index contributed by atoms with van der Waals surface area (Å²) in [4.78, 5) is 16.4. The Bertz CT molecular complexity index is 782. The van der Waals surface area contributed by atoms with E-state index >= 15 is 0 Å². The van der Waals surface area contributed by atoms with Crippen LogP contribution in [-0.4, -0.2) is 23.7 Å². The van der Waals surface area contributed by atoms with Gasteiger partial charge in [0.1, 0.15) is 4.88 Å². The summed E-state index contributed by atoms with van der Waals surface area (Å²) in [6, 6.07) is 3.32. The number of amides is 1. The van der Waals surface area contributed by atoms with E-state index in [2.05, 4.69) is 15.5 Å². The van der Waals surface area contributed by atoms with Gasteiger partial charge in [-0.05, 0) is 30.5 Å². The molecule has 1 heterocycles. The lowest BCUT2D eigenvalue weighted by Crippen LogP contribution is -2.17. The lowest BCUT2D eigenvalue weighted by atomic mass is 10.2. The average molecular weight is 401 g/mol. The summed E-state index contributed by atoms with van der Waals surface area (Å²) in [5.41, 5.74) is 9.19. The number of hydrazone groups is 1. The van der Waals surface area contributed by atoms with Crippen molar-refractivity contribution >= 4 is 51.8 Å². The molecule has 3 N–H and O–H groups in total. The first-order chi connectivity index (χ1) is 11.8. The molecule has 0 bridgehead atoms. The summed E-state index contributed by atoms with van der Waals surface area (Å²) in [5, 5.41) is 5.01. The number of hydrogen-bond donors (Lipinski definition) is 2. The molecule has 0 saturated heterocycles. The van der Waals surface area contributed by atoms with Gasteiger partial charge in [-0.2, -0.15) is 5.10 Å². The van der Waals surface area contributed by atoms with Gasteiger partial charge in [0.2, 0.25) is 0 Å². The summed E-state index contributed by atoms with van der Waals surface area (Å²) in [6.07, 6.45) is 1.45. The predicted octanol–water partition coefficient (Wildman–Crippen LogP) is 4.14. The van der Waals surface area contributed by atoms with Gasteiger partial charge >= 0.3 is 0 Å². The van der Waals surface area contributed by atoms with Crippen molar-refractivity contribution in [3.63, 3.8) is 0 Å². The predicted molar refractivity (Wildman–Crippen MR) is 103 cm³/mol. The molecule has 0 aliphatic carbocycles. The summed E-state index contributed by atoms with van der Waals surface area (Å²) in [6.45, 7) is 6.29. The van der Waals surface area contributed by atoms with E-state index in [1.807, 2.05) is 13.8 Å². The lowest BCUT2D eigenvalue weighted by molar-refractivity contribution is 0.0958. The molecule has 0 saturated carbocycles. The fourth-order valence-electron chi connectivity index (χ4n) is 1.89. The van der Waals surface area contributed by atoms with Crippen LogP contribution in [0.5, 0.6) is 5.75 Å². The van der Waals surface area contributed by atoms with Crippen LogP contribution in [0, 0.1) is 12.8 Å². The molecule has 0 aliphatic heterocycles. The maximum atomic E-state index is 12.0. The number of anilines is 1. The third-order valence-corrected chi connectivity index (χ3v) is 4.53. The Morgan fingerprint density at radius 1 is 1.44 bits per heavy atom. The number of nitrogen functional groups attached to an aromatic ring is 1. The van der Waals surface area contributed by atoms with Crippen LogP contribution in [0.4, 0.5) is 5.13 Å². The van der Waals surface area contributed by atoms with Gasteiger partial charge in [0.15, 0.2) is 10.9 Å². The van der Waals surface area contributed by atoms with E-state index in [-0.39, 0.29) is 5.91 Å². The van der Waals surface area contributed by atoms with E-state index in [9.17, 15) is 4.79 Å². The Hall–Kier alpha value is -1.83. The molecule has 2 aromatic rings. The summed E-state index contributed by atoms with van der Waals surface area (Å²) < 4.78 is 5.60. The molecule has 1 amide bonds. The maximum absolute atomic E-state index is 12.0. The molecular formula is C16H18Cl2N4O2S. The highest BCUT2D eigenvalue weighted by Gasteiger charge is 2.13. The number of nitrogens with two attached hydrogens (primary N) is 1. The molecule has 0 spiro atoms. The lowest BCUT2D eigenvalue weighted by Gasteiger charge is -2.12. The van der Waals surface area contributed by atoms with Crippen molar-refractivity contribution in [2.45, 2.75) is 20.8 Å². The van der Waals surface area contributed by atoms with Gasteiger partial charge < -0.3 is 10.5 Å². The topological polar surface area (TPSA) is 89.6 Å². The summed E-state index contributed by atoms with van der Waals surface area (Å²) >= 11 is 13.5. The molecule has 0 unspecified atom stereocenters. The summed E-state index contributed by atoms with van der Waals surface area (Å²) in [5.74, 6) is 0.416. The maximum Gasteiger partial charge on any atom is 0.283 e. The zero-order valence-electron chi connectivity index (χ0n) is 14.0. The van der Waals surface area contributed by atoms with Crippen molar-refractivity contribution in [2.24, 2.45) is 11.0 Å². The van der Waals surface area contributed by atoms with E-state index in [1.165, 1.54) is 6.21 Å².